The Labute approximate surface area is 81.6 Å². The minimum atomic E-state index is -0.761. The van der Waals surface area contributed by atoms with E-state index in [0.717, 1.165) is 0 Å². The lowest BCUT2D eigenvalue weighted by molar-refractivity contribution is -0.172. The van der Waals surface area contributed by atoms with Gasteiger partial charge < -0.3 is 13.9 Å². The van der Waals surface area contributed by atoms with E-state index >= 15 is 0 Å². The Bertz CT molecular complexity index is 272. The number of alkyl halides is 1. The average molecular weight is 203 g/mol. The molecular weight excluding hydrogens is 192 g/mol. The monoisotopic (exact) mass is 202 g/mol. The van der Waals surface area contributed by atoms with Gasteiger partial charge in [-0.05, 0) is 19.1 Å². The zero-order valence-electron chi connectivity index (χ0n) is 7.33. The predicted octanol–water partition coefficient (Wildman–Crippen LogP) is 2.11. The molecule has 1 aliphatic rings. The van der Waals surface area contributed by atoms with Gasteiger partial charge in [0.05, 0.1) is 24.9 Å². The Morgan fingerprint density at radius 3 is 3.08 bits per heavy atom. The van der Waals surface area contributed by atoms with Crippen molar-refractivity contribution in [1.29, 1.82) is 0 Å². The highest BCUT2D eigenvalue weighted by molar-refractivity contribution is 6.18. The maximum atomic E-state index is 5.66. The summed E-state index contributed by atoms with van der Waals surface area (Å²) >= 11 is 5.66. The number of ether oxygens (including phenoxy) is 2. The largest absolute Gasteiger partial charge is 0.464 e. The number of hydrogen-bond acceptors (Lipinski definition) is 3. The Hall–Kier alpha value is -0.510. The van der Waals surface area contributed by atoms with Crippen molar-refractivity contribution in [3.63, 3.8) is 0 Å². The predicted molar refractivity (Wildman–Crippen MR) is 47.6 cm³/mol. The minimum absolute atomic E-state index is 0.0447. The summed E-state index contributed by atoms with van der Waals surface area (Å²) in [7, 11) is 0. The fourth-order valence-corrected chi connectivity index (χ4v) is 1.53. The van der Waals surface area contributed by atoms with Crippen LogP contribution in [-0.4, -0.2) is 18.6 Å². The summed E-state index contributed by atoms with van der Waals surface area (Å²) in [4.78, 5) is 0. The molecule has 1 aliphatic heterocycles. The first-order chi connectivity index (χ1) is 6.24. The van der Waals surface area contributed by atoms with E-state index in [1.165, 1.54) is 0 Å². The van der Waals surface area contributed by atoms with Crippen molar-refractivity contribution < 1.29 is 13.9 Å². The second-order valence-electron chi connectivity index (χ2n) is 3.13. The van der Waals surface area contributed by atoms with Gasteiger partial charge in [-0.25, -0.2) is 0 Å². The highest BCUT2D eigenvalue weighted by atomic mass is 35.5. The molecule has 1 aromatic heterocycles. The summed E-state index contributed by atoms with van der Waals surface area (Å²) in [5.41, 5.74) is 0. The van der Waals surface area contributed by atoms with E-state index < -0.39 is 5.79 Å². The maximum absolute atomic E-state index is 5.66. The topological polar surface area (TPSA) is 31.6 Å². The molecule has 0 spiro atoms. The molecule has 0 N–H and O–H groups in total. The fourth-order valence-electron chi connectivity index (χ4n) is 1.38. The molecule has 72 valence electrons. The molecular formula is C9H11ClO3. The van der Waals surface area contributed by atoms with E-state index in [4.69, 9.17) is 25.5 Å². The third kappa shape index (κ3) is 1.59. The van der Waals surface area contributed by atoms with Crippen LogP contribution < -0.4 is 0 Å². The molecule has 0 radical (unpaired) electrons. The van der Waals surface area contributed by atoms with Gasteiger partial charge in [0.15, 0.2) is 5.76 Å². The van der Waals surface area contributed by atoms with E-state index in [2.05, 4.69) is 0 Å². The summed E-state index contributed by atoms with van der Waals surface area (Å²) in [5, 5.41) is 0. The molecule has 0 aliphatic carbocycles. The quantitative estimate of drug-likeness (QED) is 0.689. The van der Waals surface area contributed by atoms with Crippen LogP contribution in [0, 0.1) is 0 Å². The van der Waals surface area contributed by atoms with Crippen molar-refractivity contribution in [2.75, 3.05) is 12.5 Å². The Morgan fingerprint density at radius 2 is 2.54 bits per heavy atom. The first-order valence-electron chi connectivity index (χ1n) is 4.16. The molecule has 0 amide bonds. The van der Waals surface area contributed by atoms with Crippen LogP contribution in [0.15, 0.2) is 22.8 Å². The van der Waals surface area contributed by atoms with Gasteiger partial charge in [0.25, 0.3) is 0 Å². The van der Waals surface area contributed by atoms with Gasteiger partial charge in [-0.2, -0.15) is 0 Å². The van der Waals surface area contributed by atoms with Gasteiger partial charge in [0, 0.05) is 0 Å². The van der Waals surface area contributed by atoms with Crippen molar-refractivity contribution in [3.8, 4) is 0 Å². The van der Waals surface area contributed by atoms with Crippen LogP contribution in [0.25, 0.3) is 0 Å². The van der Waals surface area contributed by atoms with Crippen LogP contribution in [0.2, 0.25) is 0 Å². The van der Waals surface area contributed by atoms with Gasteiger partial charge in [-0.3, -0.25) is 0 Å². The molecule has 13 heavy (non-hydrogen) atoms. The van der Waals surface area contributed by atoms with Crippen LogP contribution in [0.4, 0.5) is 0 Å². The molecule has 0 saturated carbocycles. The highest BCUT2D eigenvalue weighted by Crippen LogP contribution is 2.34. The average Bonchev–Trinajstić information content (AvgIpc) is 2.72. The van der Waals surface area contributed by atoms with Crippen LogP contribution in [0.5, 0.6) is 0 Å². The van der Waals surface area contributed by atoms with E-state index in [1.54, 1.807) is 12.3 Å². The normalized spacial score (nSPS) is 33.8. The zero-order chi connectivity index (χ0) is 9.31. The van der Waals surface area contributed by atoms with E-state index in [9.17, 15) is 0 Å². The SMILES string of the molecule is CC1(c2ccco2)OCC(CCl)O1. The summed E-state index contributed by atoms with van der Waals surface area (Å²) < 4.78 is 16.3. The Morgan fingerprint density at radius 1 is 1.69 bits per heavy atom. The molecule has 2 rings (SSSR count). The van der Waals surface area contributed by atoms with Crippen molar-refractivity contribution >= 4 is 11.6 Å². The van der Waals surface area contributed by atoms with Crippen LogP contribution in [-0.2, 0) is 15.3 Å². The van der Waals surface area contributed by atoms with Crippen LogP contribution >= 0.6 is 11.6 Å². The molecule has 1 fully saturated rings. The molecule has 4 heteroatoms. The molecule has 1 saturated heterocycles. The first kappa shape index (κ1) is 9.06. The summed E-state index contributed by atoms with van der Waals surface area (Å²) in [6.07, 6.45) is 1.55. The smallest absolute Gasteiger partial charge is 0.225 e. The van der Waals surface area contributed by atoms with Crippen LogP contribution in [0.3, 0.4) is 0 Å². The van der Waals surface area contributed by atoms with Crippen molar-refractivity contribution in [1.82, 2.24) is 0 Å². The first-order valence-corrected chi connectivity index (χ1v) is 4.70. The van der Waals surface area contributed by atoms with Crippen LogP contribution in [0.1, 0.15) is 12.7 Å². The van der Waals surface area contributed by atoms with Crippen molar-refractivity contribution in [2.24, 2.45) is 0 Å². The van der Waals surface area contributed by atoms with E-state index in [1.807, 2.05) is 13.0 Å². The molecule has 1 aromatic rings. The van der Waals surface area contributed by atoms with Gasteiger partial charge in [0.1, 0.15) is 0 Å². The molecule has 0 bridgehead atoms. The lowest BCUT2D eigenvalue weighted by atomic mass is 10.2. The number of furan rings is 1. The zero-order valence-corrected chi connectivity index (χ0v) is 8.08. The standard InChI is InChI=1S/C9H11ClO3/c1-9(8-3-2-4-11-8)12-6-7(5-10)13-9/h2-4,7H,5-6H2,1H3. The van der Waals surface area contributed by atoms with Gasteiger partial charge in [-0.15, -0.1) is 11.6 Å². The van der Waals surface area contributed by atoms with Crippen molar-refractivity contribution in [2.45, 2.75) is 18.8 Å². The Kier molecular flexibility index (Phi) is 2.32. The molecule has 3 nitrogen and oxygen atoms in total. The number of halogens is 1. The van der Waals surface area contributed by atoms with Gasteiger partial charge in [0.2, 0.25) is 5.79 Å². The third-order valence-corrected chi connectivity index (χ3v) is 2.42. The lowest BCUT2D eigenvalue weighted by Gasteiger charge is -2.19. The molecule has 2 atom stereocenters. The fraction of sp³-hybridized carbons (Fsp3) is 0.556. The molecule has 0 aromatic carbocycles. The summed E-state index contributed by atoms with van der Waals surface area (Å²) in [6, 6.07) is 3.64. The summed E-state index contributed by atoms with van der Waals surface area (Å²) in [5.74, 6) is 0.361. The minimum Gasteiger partial charge on any atom is -0.464 e. The second-order valence-corrected chi connectivity index (χ2v) is 3.44. The van der Waals surface area contributed by atoms with Gasteiger partial charge in [-0.1, -0.05) is 0 Å². The highest BCUT2D eigenvalue weighted by Gasteiger charge is 2.40. The Balaban J connectivity index is 2.15. The second kappa shape index (κ2) is 3.33. The van der Waals surface area contributed by atoms with Crippen molar-refractivity contribution in [3.05, 3.63) is 24.2 Å². The maximum Gasteiger partial charge on any atom is 0.225 e. The number of rotatable bonds is 2. The molecule has 2 heterocycles. The molecule has 2 unspecified atom stereocenters. The summed E-state index contributed by atoms with van der Waals surface area (Å²) in [6.45, 7) is 2.35. The van der Waals surface area contributed by atoms with E-state index in [-0.39, 0.29) is 6.10 Å². The van der Waals surface area contributed by atoms with E-state index in [0.29, 0.717) is 18.2 Å². The lowest BCUT2D eigenvalue weighted by Crippen LogP contribution is -2.23. The van der Waals surface area contributed by atoms with Gasteiger partial charge >= 0.3 is 0 Å². The number of hydrogen-bond donors (Lipinski definition) is 0. The third-order valence-electron chi connectivity index (χ3n) is 2.08.